The molecule has 1 aromatic carbocycles. The van der Waals surface area contributed by atoms with E-state index in [9.17, 15) is 4.79 Å². The van der Waals surface area contributed by atoms with Crippen LogP contribution in [0.2, 0.25) is 0 Å². The Morgan fingerprint density at radius 2 is 1.95 bits per heavy atom. The number of hydrogen-bond acceptors (Lipinski definition) is 2. The number of nitrogens with zero attached hydrogens (tertiary/aromatic N) is 1. The third-order valence-electron chi connectivity index (χ3n) is 2.98. The fourth-order valence-electron chi connectivity index (χ4n) is 2.12. The highest BCUT2D eigenvalue weighted by Crippen LogP contribution is 2.28. The normalized spacial score (nSPS) is 15.8. The van der Waals surface area contributed by atoms with Crippen molar-refractivity contribution in [2.45, 2.75) is 0 Å². The molecule has 1 aliphatic rings. The lowest BCUT2D eigenvalue weighted by atomic mass is 10.0. The van der Waals surface area contributed by atoms with E-state index >= 15 is 0 Å². The van der Waals surface area contributed by atoms with Gasteiger partial charge < -0.3 is 4.98 Å². The molecule has 0 unspecified atom stereocenters. The number of carbonyl (C=O) groups excluding carboxylic acids is 1. The second kappa shape index (κ2) is 4.90. The van der Waals surface area contributed by atoms with E-state index in [0.29, 0.717) is 5.69 Å². The zero-order valence-corrected chi connectivity index (χ0v) is 10.2. The standard InChI is InChI=1S/C16H12N2O/c19-11-13-8-9-15(18-13)16(14-7-4-10-17-14)12-5-2-1-3-6-12/h1-11,18H/b16-14+. The average Bonchev–Trinajstić information content (AvgIpc) is 3.12. The molecule has 2 aromatic rings. The van der Waals surface area contributed by atoms with Crippen LogP contribution in [-0.2, 0) is 0 Å². The lowest BCUT2D eigenvalue weighted by molar-refractivity contribution is 0.111. The van der Waals surface area contributed by atoms with Crippen LogP contribution >= 0.6 is 0 Å². The minimum Gasteiger partial charge on any atom is -0.352 e. The summed E-state index contributed by atoms with van der Waals surface area (Å²) in [6.07, 6.45) is 6.44. The molecule has 3 rings (SSSR count). The van der Waals surface area contributed by atoms with Crippen LogP contribution in [-0.4, -0.2) is 17.5 Å². The molecule has 1 aliphatic heterocycles. The van der Waals surface area contributed by atoms with Crippen LogP contribution in [0, 0.1) is 0 Å². The Hall–Kier alpha value is -2.68. The molecule has 0 spiro atoms. The summed E-state index contributed by atoms with van der Waals surface area (Å²) in [6, 6.07) is 13.7. The van der Waals surface area contributed by atoms with E-state index in [1.165, 1.54) is 0 Å². The van der Waals surface area contributed by atoms with Gasteiger partial charge in [-0.3, -0.25) is 9.79 Å². The zero-order chi connectivity index (χ0) is 13.1. The molecule has 0 radical (unpaired) electrons. The predicted molar refractivity (Wildman–Crippen MR) is 76.3 cm³/mol. The Balaban J connectivity index is 2.18. The lowest BCUT2D eigenvalue weighted by Gasteiger charge is -2.08. The van der Waals surface area contributed by atoms with Crippen LogP contribution in [0.5, 0.6) is 0 Å². The SMILES string of the molecule is O=Cc1ccc(/C(=C2\C=CC=N2)c2ccccc2)[nH]1. The Labute approximate surface area is 111 Å². The van der Waals surface area contributed by atoms with Crippen molar-refractivity contribution in [3.05, 3.63) is 77.3 Å². The minimum atomic E-state index is 0.565. The van der Waals surface area contributed by atoms with Crippen LogP contribution in [0.1, 0.15) is 21.7 Å². The third kappa shape index (κ3) is 2.18. The van der Waals surface area contributed by atoms with E-state index in [1.54, 1.807) is 12.3 Å². The van der Waals surface area contributed by atoms with Crippen molar-refractivity contribution in [2.24, 2.45) is 4.99 Å². The predicted octanol–water partition coefficient (Wildman–Crippen LogP) is 3.23. The number of aliphatic imine (C=N–C) groups is 1. The Kier molecular flexibility index (Phi) is 2.94. The molecule has 0 fully saturated rings. The maximum Gasteiger partial charge on any atom is 0.166 e. The summed E-state index contributed by atoms with van der Waals surface area (Å²) in [5, 5.41) is 0. The van der Waals surface area contributed by atoms with Gasteiger partial charge in [-0.05, 0) is 29.8 Å². The molecule has 2 heterocycles. The number of aldehydes is 1. The van der Waals surface area contributed by atoms with Crippen molar-refractivity contribution < 1.29 is 4.79 Å². The van der Waals surface area contributed by atoms with Crippen LogP contribution in [0.3, 0.4) is 0 Å². The number of benzene rings is 1. The van der Waals surface area contributed by atoms with E-state index in [4.69, 9.17) is 0 Å². The molecule has 19 heavy (non-hydrogen) atoms. The van der Waals surface area contributed by atoms with Crippen molar-refractivity contribution in [1.82, 2.24) is 4.98 Å². The molecule has 0 saturated carbocycles. The van der Waals surface area contributed by atoms with Gasteiger partial charge in [0.25, 0.3) is 0 Å². The maximum absolute atomic E-state index is 10.8. The number of H-pyrrole nitrogens is 1. The molecule has 1 aromatic heterocycles. The number of aromatic nitrogens is 1. The highest BCUT2D eigenvalue weighted by atomic mass is 16.1. The van der Waals surface area contributed by atoms with Gasteiger partial charge in [-0.25, -0.2) is 0 Å². The Bertz CT molecular complexity index is 677. The van der Waals surface area contributed by atoms with Crippen LogP contribution in [0.4, 0.5) is 0 Å². The van der Waals surface area contributed by atoms with Gasteiger partial charge in [0, 0.05) is 17.5 Å². The number of rotatable bonds is 3. The molecule has 0 saturated heterocycles. The summed E-state index contributed by atoms with van der Waals surface area (Å²) in [6.45, 7) is 0. The number of aromatic amines is 1. The van der Waals surface area contributed by atoms with E-state index < -0.39 is 0 Å². The first kappa shape index (κ1) is 11.4. The minimum absolute atomic E-state index is 0.565. The monoisotopic (exact) mass is 248 g/mol. The highest BCUT2D eigenvalue weighted by molar-refractivity contribution is 5.88. The van der Waals surface area contributed by atoms with E-state index in [-0.39, 0.29) is 0 Å². The van der Waals surface area contributed by atoms with E-state index in [1.807, 2.05) is 48.6 Å². The molecular weight excluding hydrogens is 236 g/mol. The molecule has 92 valence electrons. The van der Waals surface area contributed by atoms with Gasteiger partial charge in [0.1, 0.15) is 0 Å². The second-order valence-electron chi connectivity index (χ2n) is 4.21. The van der Waals surface area contributed by atoms with Crippen molar-refractivity contribution >= 4 is 18.1 Å². The zero-order valence-electron chi connectivity index (χ0n) is 10.2. The van der Waals surface area contributed by atoms with E-state index in [0.717, 1.165) is 28.8 Å². The molecular formula is C16H12N2O. The van der Waals surface area contributed by atoms with Gasteiger partial charge in [-0.1, -0.05) is 30.3 Å². The van der Waals surface area contributed by atoms with Crippen LogP contribution in [0.25, 0.3) is 5.57 Å². The summed E-state index contributed by atoms with van der Waals surface area (Å²) in [4.78, 5) is 18.3. The van der Waals surface area contributed by atoms with Gasteiger partial charge >= 0.3 is 0 Å². The number of allylic oxidation sites excluding steroid dienone is 2. The average molecular weight is 248 g/mol. The first-order chi connectivity index (χ1) is 9.38. The maximum atomic E-state index is 10.8. The quantitative estimate of drug-likeness (QED) is 0.833. The summed E-state index contributed by atoms with van der Waals surface area (Å²) in [5.41, 5.74) is 4.42. The number of nitrogens with one attached hydrogen (secondary N) is 1. The molecule has 3 nitrogen and oxygen atoms in total. The van der Waals surface area contributed by atoms with Crippen molar-refractivity contribution in [1.29, 1.82) is 0 Å². The van der Waals surface area contributed by atoms with Crippen molar-refractivity contribution in [3.63, 3.8) is 0 Å². The van der Waals surface area contributed by atoms with Gasteiger partial charge in [0.05, 0.1) is 11.4 Å². The first-order valence-corrected chi connectivity index (χ1v) is 6.03. The summed E-state index contributed by atoms with van der Waals surface area (Å²) in [5.74, 6) is 0. The Morgan fingerprint density at radius 3 is 2.58 bits per heavy atom. The fourth-order valence-corrected chi connectivity index (χ4v) is 2.12. The fraction of sp³-hybridized carbons (Fsp3) is 0. The Morgan fingerprint density at radius 1 is 1.11 bits per heavy atom. The van der Waals surface area contributed by atoms with Crippen molar-refractivity contribution in [2.75, 3.05) is 0 Å². The summed E-state index contributed by atoms with van der Waals surface area (Å²) >= 11 is 0. The molecule has 1 N–H and O–H groups in total. The van der Waals surface area contributed by atoms with Gasteiger partial charge in [-0.15, -0.1) is 0 Å². The number of carbonyl (C=O) groups is 1. The summed E-state index contributed by atoms with van der Waals surface area (Å²) in [7, 11) is 0. The molecule has 0 aliphatic carbocycles. The largest absolute Gasteiger partial charge is 0.352 e. The summed E-state index contributed by atoms with van der Waals surface area (Å²) < 4.78 is 0. The second-order valence-corrected chi connectivity index (χ2v) is 4.21. The topological polar surface area (TPSA) is 45.2 Å². The first-order valence-electron chi connectivity index (χ1n) is 6.03. The van der Waals surface area contributed by atoms with E-state index in [2.05, 4.69) is 9.98 Å². The molecule has 3 heteroatoms. The lowest BCUT2D eigenvalue weighted by Crippen LogP contribution is -1.92. The van der Waals surface area contributed by atoms with Crippen LogP contribution in [0.15, 0.2) is 65.3 Å². The molecule has 0 amide bonds. The van der Waals surface area contributed by atoms with Crippen LogP contribution < -0.4 is 0 Å². The smallest absolute Gasteiger partial charge is 0.166 e. The highest BCUT2D eigenvalue weighted by Gasteiger charge is 2.12. The number of hydrogen-bond donors (Lipinski definition) is 1. The molecule has 0 atom stereocenters. The molecule has 0 bridgehead atoms. The third-order valence-corrected chi connectivity index (χ3v) is 2.98. The van der Waals surface area contributed by atoms with Crippen molar-refractivity contribution in [3.8, 4) is 0 Å². The van der Waals surface area contributed by atoms with Gasteiger partial charge in [0.2, 0.25) is 0 Å². The van der Waals surface area contributed by atoms with Gasteiger partial charge in [-0.2, -0.15) is 0 Å². The van der Waals surface area contributed by atoms with Gasteiger partial charge in [0.15, 0.2) is 6.29 Å².